The van der Waals surface area contributed by atoms with E-state index in [9.17, 15) is 14.0 Å². The van der Waals surface area contributed by atoms with Gasteiger partial charge in [0.05, 0.1) is 11.3 Å². The number of aromatic carboxylic acids is 1. The number of aryl methyl sites for hydroxylation is 1. The highest BCUT2D eigenvalue weighted by Gasteiger charge is 2.15. The van der Waals surface area contributed by atoms with Crippen molar-refractivity contribution in [2.75, 3.05) is 5.32 Å². The van der Waals surface area contributed by atoms with Gasteiger partial charge in [-0.15, -0.1) is 0 Å². The van der Waals surface area contributed by atoms with Gasteiger partial charge in [-0.1, -0.05) is 22.0 Å². The van der Waals surface area contributed by atoms with Gasteiger partial charge in [-0.05, 0) is 42.8 Å². The van der Waals surface area contributed by atoms with Crippen molar-refractivity contribution in [3.63, 3.8) is 0 Å². The summed E-state index contributed by atoms with van der Waals surface area (Å²) in [5, 5.41) is 11.5. The largest absolute Gasteiger partial charge is 0.478 e. The number of benzene rings is 2. The molecular weight excluding hydrogens is 341 g/mol. The van der Waals surface area contributed by atoms with Gasteiger partial charge in [0.25, 0.3) is 5.91 Å². The Bertz CT molecular complexity index is 731. The Morgan fingerprint density at radius 1 is 1.19 bits per heavy atom. The molecule has 0 aliphatic carbocycles. The zero-order valence-electron chi connectivity index (χ0n) is 11.0. The van der Waals surface area contributed by atoms with Crippen molar-refractivity contribution in [2.45, 2.75) is 6.92 Å². The molecule has 0 bridgehead atoms. The van der Waals surface area contributed by atoms with E-state index in [0.29, 0.717) is 5.56 Å². The van der Waals surface area contributed by atoms with E-state index in [-0.39, 0.29) is 11.3 Å². The van der Waals surface area contributed by atoms with Crippen LogP contribution in [0.15, 0.2) is 40.9 Å². The standard InChI is InChI=1S/C15H11BrFNO3/c1-8-2-3-9(6-12(8)16)14(19)18-13-7-10(17)4-5-11(13)15(20)21/h2-7H,1H3,(H,18,19)(H,20,21). The fourth-order valence-corrected chi connectivity index (χ4v) is 2.11. The molecule has 2 aromatic rings. The Hall–Kier alpha value is -2.21. The molecule has 0 heterocycles. The molecule has 1 amide bonds. The second-order valence-corrected chi connectivity index (χ2v) is 5.27. The van der Waals surface area contributed by atoms with Crippen LogP contribution in [0.4, 0.5) is 10.1 Å². The summed E-state index contributed by atoms with van der Waals surface area (Å²) in [5.41, 5.74) is 1.05. The molecule has 2 rings (SSSR count). The van der Waals surface area contributed by atoms with Crippen molar-refractivity contribution < 1.29 is 19.1 Å². The Kier molecular flexibility index (Phi) is 4.37. The molecule has 0 aliphatic rings. The van der Waals surface area contributed by atoms with Crippen LogP contribution in [0.2, 0.25) is 0 Å². The van der Waals surface area contributed by atoms with Crippen LogP contribution in [-0.4, -0.2) is 17.0 Å². The van der Waals surface area contributed by atoms with E-state index >= 15 is 0 Å². The van der Waals surface area contributed by atoms with Gasteiger partial charge >= 0.3 is 5.97 Å². The van der Waals surface area contributed by atoms with Gasteiger partial charge in [-0.3, -0.25) is 4.79 Å². The first-order chi connectivity index (χ1) is 9.88. The minimum atomic E-state index is -1.24. The fourth-order valence-electron chi connectivity index (χ4n) is 1.73. The minimum absolute atomic E-state index is 0.0794. The third kappa shape index (κ3) is 3.46. The van der Waals surface area contributed by atoms with E-state index in [2.05, 4.69) is 21.2 Å². The number of carboxylic acid groups (broad SMARTS) is 1. The second kappa shape index (κ2) is 6.05. The van der Waals surface area contributed by atoms with Crippen LogP contribution < -0.4 is 5.32 Å². The van der Waals surface area contributed by atoms with E-state index in [4.69, 9.17) is 5.11 Å². The first kappa shape index (κ1) is 15.2. The number of nitrogens with one attached hydrogen (secondary N) is 1. The molecule has 4 nitrogen and oxygen atoms in total. The van der Waals surface area contributed by atoms with E-state index in [1.165, 1.54) is 0 Å². The van der Waals surface area contributed by atoms with Crippen molar-refractivity contribution >= 4 is 33.5 Å². The normalized spacial score (nSPS) is 10.2. The monoisotopic (exact) mass is 351 g/mol. The molecule has 0 saturated heterocycles. The lowest BCUT2D eigenvalue weighted by Crippen LogP contribution is -2.15. The summed E-state index contributed by atoms with van der Waals surface area (Å²) in [5.74, 6) is -2.38. The Morgan fingerprint density at radius 2 is 1.90 bits per heavy atom. The van der Waals surface area contributed by atoms with E-state index in [1.54, 1.807) is 18.2 Å². The Balaban J connectivity index is 2.33. The van der Waals surface area contributed by atoms with E-state index in [1.807, 2.05) is 6.92 Å². The average molecular weight is 352 g/mol. The summed E-state index contributed by atoms with van der Waals surface area (Å²) >= 11 is 3.31. The summed E-state index contributed by atoms with van der Waals surface area (Å²) < 4.78 is 14.0. The summed E-state index contributed by atoms with van der Waals surface area (Å²) in [4.78, 5) is 23.2. The van der Waals surface area contributed by atoms with Crippen molar-refractivity contribution in [1.29, 1.82) is 0 Å². The number of carboxylic acids is 1. The molecule has 0 aliphatic heterocycles. The number of hydrogen-bond acceptors (Lipinski definition) is 2. The summed E-state index contributed by atoms with van der Waals surface area (Å²) in [6, 6.07) is 8.09. The van der Waals surface area contributed by atoms with Gasteiger partial charge in [0.1, 0.15) is 5.82 Å². The summed E-state index contributed by atoms with van der Waals surface area (Å²) in [6.45, 7) is 1.88. The smallest absolute Gasteiger partial charge is 0.337 e. The van der Waals surface area contributed by atoms with Crippen LogP contribution >= 0.6 is 15.9 Å². The number of halogens is 2. The third-order valence-electron chi connectivity index (χ3n) is 2.89. The van der Waals surface area contributed by atoms with Crippen molar-refractivity contribution in [3.8, 4) is 0 Å². The molecule has 2 N–H and O–H groups in total. The maximum atomic E-state index is 13.2. The number of carbonyl (C=O) groups is 2. The van der Waals surface area contributed by atoms with Crippen LogP contribution in [-0.2, 0) is 0 Å². The highest BCUT2D eigenvalue weighted by Crippen LogP contribution is 2.21. The summed E-state index contributed by atoms with van der Waals surface area (Å²) in [6.07, 6.45) is 0. The van der Waals surface area contributed by atoms with Gasteiger partial charge in [0.2, 0.25) is 0 Å². The highest BCUT2D eigenvalue weighted by molar-refractivity contribution is 9.10. The molecule has 21 heavy (non-hydrogen) atoms. The van der Waals surface area contributed by atoms with Crippen molar-refractivity contribution in [3.05, 3.63) is 63.4 Å². The zero-order valence-corrected chi connectivity index (χ0v) is 12.6. The predicted molar refractivity (Wildman–Crippen MR) is 80.2 cm³/mol. The maximum Gasteiger partial charge on any atom is 0.337 e. The van der Waals surface area contributed by atoms with Gasteiger partial charge in [-0.25, -0.2) is 9.18 Å². The lowest BCUT2D eigenvalue weighted by molar-refractivity contribution is 0.0698. The van der Waals surface area contributed by atoms with Gasteiger partial charge < -0.3 is 10.4 Å². The minimum Gasteiger partial charge on any atom is -0.478 e. The van der Waals surface area contributed by atoms with Crippen LogP contribution in [0.5, 0.6) is 0 Å². The summed E-state index contributed by atoms with van der Waals surface area (Å²) in [7, 11) is 0. The lowest BCUT2D eigenvalue weighted by Gasteiger charge is -2.09. The SMILES string of the molecule is Cc1ccc(C(=O)Nc2cc(F)ccc2C(=O)O)cc1Br. The molecule has 0 spiro atoms. The molecule has 108 valence electrons. The number of carbonyl (C=O) groups excluding carboxylic acids is 1. The van der Waals surface area contributed by atoms with Crippen LogP contribution in [0.1, 0.15) is 26.3 Å². The second-order valence-electron chi connectivity index (χ2n) is 4.41. The molecule has 0 radical (unpaired) electrons. The molecule has 6 heteroatoms. The first-order valence-electron chi connectivity index (χ1n) is 5.99. The third-order valence-corrected chi connectivity index (χ3v) is 3.75. The van der Waals surface area contributed by atoms with Crippen LogP contribution in [0, 0.1) is 12.7 Å². The quantitative estimate of drug-likeness (QED) is 0.882. The average Bonchev–Trinajstić information content (AvgIpc) is 2.41. The number of hydrogen-bond donors (Lipinski definition) is 2. The Morgan fingerprint density at radius 3 is 2.52 bits per heavy atom. The molecule has 0 unspecified atom stereocenters. The van der Waals surface area contributed by atoms with E-state index in [0.717, 1.165) is 28.2 Å². The number of anilines is 1. The predicted octanol–water partition coefficient (Wildman–Crippen LogP) is 3.85. The first-order valence-corrected chi connectivity index (χ1v) is 6.78. The topological polar surface area (TPSA) is 66.4 Å². The molecule has 0 atom stereocenters. The van der Waals surface area contributed by atoms with Crippen LogP contribution in [0.3, 0.4) is 0 Å². The molecule has 0 aromatic heterocycles. The van der Waals surface area contributed by atoms with Gasteiger partial charge in [-0.2, -0.15) is 0 Å². The van der Waals surface area contributed by atoms with E-state index < -0.39 is 17.7 Å². The zero-order chi connectivity index (χ0) is 15.6. The Labute approximate surface area is 128 Å². The molecule has 0 fully saturated rings. The maximum absolute atomic E-state index is 13.2. The van der Waals surface area contributed by atoms with Gasteiger partial charge in [0.15, 0.2) is 0 Å². The number of amides is 1. The van der Waals surface area contributed by atoms with Crippen molar-refractivity contribution in [2.24, 2.45) is 0 Å². The molecular formula is C15H11BrFNO3. The lowest BCUT2D eigenvalue weighted by atomic mass is 10.1. The van der Waals surface area contributed by atoms with Crippen molar-refractivity contribution in [1.82, 2.24) is 0 Å². The highest BCUT2D eigenvalue weighted by atomic mass is 79.9. The molecule has 2 aromatic carbocycles. The van der Waals surface area contributed by atoms with Gasteiger partial charge in [0, 0.05) is 10.0 Å². The van der Waals surface area contributed by atoms with Crippen LogP contribution in [0.25, 0.3) is 0 Å². The number of rotatable bonds is 3. The fraction of sp³-hybridized carbons (Fsp3) is 0.0667. The molecule has 0 saturated carbocycles.